The van der Waals surface area contributed by atoms with Crippen molar-refractivity contribution in [1.82, 2.24) is 18.8 Å². The van der Waals surface area contributed by atoms with Gasteiger partial charge in [0.25, 0.3) is 11.5 Å². The molecule has 204 valence electrons. The van der Waals surface area contributed by atoms with Gasteiger partial charge in [-0.15, -0.1) is 0 Å². The van der Waals surface area contributed by atoms with Gasteiger partial charge in [-0.05, 0) is 67.2 Å². The lowest BCUT2D eigenvalue weighted by molar-refractivity contribution is 0.102. The van der Waals surface area contributed by atoms with Gasteiger partial charge in [-0.1, -0.05) is 12.1 Å². The second kappa shape index (κ2) is 10.9. The third kappa shape index (κ3) is 5.43. The minimum atomic E-state index is -3.64. The second-order valence-electron chi connectivity index (χ2n) is 9.58. The van der Waals surface area contributed by atoms with Crippen LogP contribution >= 0.6 is 0 Å². The summed E-state index contributed by atoms with van der Waals surface area (Å²) in [4.78, 5) is 43.5. The van der Waals surface area contributed by atoms with Crippen LogP contribution < -0.4 is 16.6 Å². The molecule has 0 radical (unpaired) electrons. The van der Waals surface area contributed by atoms with Crippen LogP contribution in [-0.2, 0) is 16.6 Å². The molecule has 0 aliphatic carbocycles. The molecule has 0 bridgehead atoms. The van der Waals surface area contributed by atoms with E-state index in [-0.39, 0.29) is 16.8 Å². The van der Waals surface area contributed by atoms with Crippen molar-refractivity contribution in [2.75, 3.05) is 38.5 Å². The molecule has 12 heteroatoms. The molecule has 2 N–H and O–H groups in total. The summed E-state index contributed by atoms with van der Waals surface area (Å²) >= 11 is 0. The predicted octanol–water partition coefficient (Wildman–Crippen LogP) is 1.80. The minimum Gasteiger partial charge on any atom is -0.322 e. The zero-order valence-electron chi connectivity index (χ0n) is 21.6. The van der Waals surface area contributed by atoms with Crippen LogP contribution in [0, 0.1) is 11.3 Å². The van der Waals surface area contributed by atoms with Crippen molar-refractivity contribution in [3.8, 4) is 6.07 Å². The molecule has 0 saturated carbocycles. The summed E-state index contributed by atoms with van der Waals surface area (Å²) in [5.74, 6) is -0.416. The number of aromatic amines is 1. The lowest BCUT2D eigenvalue weighted by atomic mass is 10.1. The quantitative estimate of drug-likeness (QED) is 0.367. The topological polar surface area (TPSA) is 148 Å². The molecule has 3 aromatic carbocycles. The number of nitrogens with zero attached hydrogens (tertiary/aromatic N) is 4. The molecule has 0 spiro atoms. The first-order valence-electron chi connectivity index (χ1n) is 12.5. The van der Waals surface area contributed by atoms with E-state index in [0.29, 0.717) is 54.1 Å². The Morgan fingerprint density at radius 1 is 0.975 bits per heavy atom. The molecule has 40 heavy (non-hydrogen) atoms. The zero-order chi connectivity index (χ0) is 28.4. The van der Waals surface area contributed by atoms with E-state index in [0.717, 1.165) is 4.57 Å². The lowest BCUT2D eigenvalue weighted by Gasteiger charge is -2.31. The van der Waals surface area contributed by atoms with E-state index in [1.54, 1.807) is 18.2 Å². The first kappa shape index (κ1) is 27.0. The molecular formula is C28H26N6O5S. The van der Waals surface area contributed by atoms with Gasteiger partial charge in [0.1, 0.15) is 0 Å². The van der Waals surface area contributed by atoms with Gasteiger partial charge in [-0.25, -0.2) is 13.2 Å². The molecule has 1 aromatic heterocycles. The molecule has 1 aliphatic rings. The fraction of sp³-hybridized carbons (Fsp3) is 0.214. The predicted molar refractivity (Wildman–Crippen MR) is 150 cm³/mol. The van der Waals surface area contributed by atoms with E-state index in [4.69, 9.17) is 5.26 Å². The van der Waals surface area contributed by atoms with Crippen molar-refractivity contribution in [3.05, 3.63) is 104 Å². The van der Waals surface area contributed by atoms with Crippen LogP contribution in [0.3, 0.4) is 0 Å². The van der Waals surface area contributed by atoms with Gasteiger partial charge in [0.2, 0.25) is 10.0 Å². The number of benzene rings is 3. The van der Waals surface area contributed by atoms with Gasteiger partial charge in [-0.2, -0.15) is 9.57 Å². The van der Waals surface area contributed by atoms with Gasteiger partial charge in [-0.3, -0.25) is 14.2 Å². The molecular weight excluding hydrogens is 532 g/mol. The van der Waals surface area contributed by atoms with Crippen LogP contribution in [-0.4, -0.2) is 66.3 Å². The number of aromatic nitrogens is 2. The SMILES string of the molecule is CN1CCN(S(=O)(=O)c2ccc(Cn3c(=O)[nH]c4ccc(NC(=O)c5ccc(C#N)cc5)cc4c3=O)cc2)CC1. The Balaban J connectivity index is 1.37. The lowest BCUT2D eigenvalue weighted by Crippen LogP contribution is -2.47. The number of nitrogens with one attached hydrogen (secondary N) is 2. The molecule has 1 amide bonds. The van der Waals surface area contributed by atoms with Crippen LogP contribution in [0.5, 0.6) is 0 Å². The average Bonchev–Trinajstić information content (AvgIpc) is 2.96. The molecule has 0 atom stereocenters. The van der Waals surface area contributed by atoms with Gasteiger partial charge in [0, 0.05) is 37.4 Å². The average molecular weight is 559 g/mol. The highest BCUT2D eigenvalue weighted by molar-refractivity contribution is 7.89. The Morgan fingerprint density at radius 3 is 2.30 bits per heavy atom. The number of anilines is 1. The van der Waals surface area contributed by atoms with Crippen molar-refractivity contribution in [2.45, 2.75) is 11.4 Å². The van der Waals surface area contributed by atoms with Crippen LogP contribution in [0.4, 0.5) is 5.69 Å². The summed E-state index contributed by atoms with van der Waals surface area (Å²) in [6.07, 6.45) is 0. The third-order valence-electron chi connectivity index (χ3n) is 6.88. The van der Waals surface area contributed by atoms with Gasteiger partial charge in [0.15, 0.2) is 0 Å². The highest BCUT2D eigenvalue weighted by Crippen LogP contribution is 2.19. The number of carbonyl (C=O) groups is 1. The highest BCUT2D eigenvalue weighted by Gasteiger charge is 2.27. The van der Waals surface area contributed by atoms with Crippen molar-refractivity contribution >= 4 is 32.5 Å². The molecule has 1 saturated heterocycles. The van der Waals surface area contributed by atoms with Gasteiger partial charge >= 0.3 is 5.69 Å². The number of carbonyl (C=O) groups excluding carboxylic acids is 1. The fourth-order valence-corrected chi connectivity index (χ4v) is 5.92. The van der Waals surface area contributed by atoms with Crippen molar-refractivity contribution in [3.63, 3.8) is 0 Å². The number of hydrogen-bond donors (Lipinski definition) is 2. The number of likely N-dealkylation sites (N-methyl/N-ethyl adjacent to an activating group) is 1. The van der Waals surface area contributed by atoms with E-state index in [1.165, 1.54) is 52.8 Å². The van der Waals surface area contributed by atoms with Gasteiger partial charge < -0.3 is 15.2 Å². The highest BCUT2D eigenvalue weighted by atomic mass is 32.2. The van der Waals surface area contributed by atoms with Crippen LogP contribution in [0.1, 0.15) is 21.5 Å². The summed E-state index contributed by atoms with van der Waals surface area (Å²) in [5.41, 5.74) is 0.860. The summed E-state index contributed by atoms with van der Waals surface area (Å²) in [6, 6.07) is 18.9. The number of hydrogen-bond acceptors (Lipinski definition) is 7. The Morgan fingerprint density at radius 2 is 1.65 bits per heavy atom. The van der Waals surface area contributed by atoms with Crippen LogP contribution in [0.15, 0.2) is 81.2 Å². The maximum Gasteiger partial charge on any atom is 0.329 e. The number of H-pyrrole nitrogens is 1. The Kier molecular flexibility index (Phi) is 7.36. The molecule has 5 rings (SSSR count). The molecule has 2 heterocycles. The summed E-state index contributed by atoms with van der Waals surface area (Å²) in [6.45, 7) is 2.08. The van der Waals surface area contributed by atoms with Crippen LogP contribution in [0.2, 0.25) is 0 Å². The van der Waals surface area contributed by atoms with E-state index >= 15 is 0 Å². The second-order valence-corrected chi connectivity index (χ2v) is 11.5. The van der Waals surface area contributed by atoms with E-state index < -0.39 is 27.2 Å². The number of nitriles is 1. The molecule has 1 fully saturated rings. The standard InChI is InChI=1S/C28H26N6O5S/c1-32-12-14-33(15-13-32)40(38,39)23-9-4-20(5-10-23)18-34-27(36)24-16-22(8-11-25(24)31-28(34)37)30-26(35)21-6-2-19(17-29)3-7-21/h2-11,16H,12-15,18H2,1H3,(H,30,35)(H,31,37). The minimum absolute atomic E-state index is 0.0687. The van der Waals surface area contributed by atoms with E-state index in [9.17, 15) is 22.8 Å². The Hall–Kier alpha value is -4.57. The smallest absolute Gasteiger partial charge is 0.322 e. The number of amides is 1. The molecule has 1 aliphatic heterocycles. The third-order valence-corrected chi connectivity index (χ3v) is 8.79. The fourth-order valence-electron chi connectivity index (χ4n) is 4.50. The number of rotatable bonds is 6. The monoisotopic (exact) mass is 558 g/mol. The molecule has 0 unspecified atom stereocenters. The van der Waals surface area contributed by atoms with Crippen molar-refractivity contribution < 1.29 is 13.2 Å². The summed E-state index contributed by atoms with van der Waals surface area (Å²) in [5, 5.41) is 11.9. The molecule has 11 nitrogen and oxygen atoms in total. The largest absolute Gasteiger partial charge is 0.329 e. The summed E-state index contributed by atoms with van der Waals surface area (Å²) < 4.78 is 28.5. The number of sulfonamides is 1. The van der Waals surface area contributed by atoms with Gasteiger partial charge in [0.05, 0.1) is 34.0 Å². The maximum absolute atomic E-state index is 13.3. The van der Waals surface area contributed by atoms with Crippen molar-refractivity contribution in [2.24, 2.45) is 0 Å². The van der Waals surface area contributed by atoms with Crippen molar-refractivity contribution in [1.29, 1.82) is 5.26 Å². The number of piperazine rings is 1. The first-order chi connectivity index (χ1) is 19.2. The Labute approximate surface area is 229 Å². The maximum atomic E-state index is 13.3. The first-order valence-corrected chi connectivity index (χ1v) is 14.0. The normalized spacial score (nSPS) is 14.6. The van der Waals surface area contributed by atoms with E-state index in [1.807, 2.05) is 13.1 Å². The molecule has 4 aromatic rings. The zero-order valence-corrected chi connectivity index (χ0v) is 22.4. The Bertz CT molecular complexity index is 1850. The van der Waals surface area contributed by atoms with E-state index in [2.05, 4.69) is 15.2 Å². The van der Waals surface area contributed by atoms with Crippen LogP contribution in [0.25, 0.3) is 10.9 Å². The number of fused-ring (bicyclic) bond motifs is 1. The summed E-state index contributed by atoms with van der Waals surface area (Å²) in [7, 11) is -1.69.